The highest BCUT2D eigenvalue weighted by atomic mass is 16.5. The molecule has 4 rings (SSSR count). The lowest BCUT2D eigenvalue weighted by atomic mass is 9.97. The van der Waals surface area contributed by atoms with E-state index in [-0.39, 0.29) is 17.7 Å². The van der Waals surface area contributed by atoms with E-state index >= 15 is 0 Å². The highest BCUT2D eigenvalue weighted by molar-refractivity contribution is 6.00. The first kappa shape index (κ1) is 17.1. The van der Waals surface area contributed by atoms with Crippen molar-refractivity contribution >= 4 is 34.0 Å². The van der Waals surface area contributed by atoms with Gasteiger partial charge in [-0.15, -0.1) is 0 Å². The average Bonchev–Trinajstić information content (AvgIpc) is 2.68. The molecule has 0 radical (unpaired) electrons. The normalized spacial score (nSPS) is 16.8. The van der Waals surface area contributed by atoms with Crippen LogP contribution in [0.25, 0.3) is 10.8 Å². The van der Waals surface area contributed by atoms with E-state index in [1.54, 1.807) is 25.1 Å². The van der Waals surface area contributed by atoms with Gasteiger partial charge < -0.3 is 15.4 Å². The SMILES string of the molecule is CC1Oc2ccc(NC(=O)C(C)c3ccc4ccccc4c3)cc2NC1=O. The fraction of sp³-hybridized carbons (Fsp3) is 0.182. The minimum atomic E-state index is -0.522. The van der Waals surface area contributed by atoms with Crippen LogP contribution in [0.4, 0.5) is 11.4 Å². The molecule has 1 aliphatic heterocycles. The number of benzene rings is 3. The highest BCUT2D eigenvalue weighted by Crippen LogP contribution is 2.32. The summed E-state index contributed by atoms with van der Waals surface area (Å²) in [7, 11) is 0. The summed E-state index contributed by atoms with van der Waals surface area (Å²) >= 11 is 0. The minimum absolute atomic E-state index is 0.110. The molecule has 5 nitrogen and oxygen atoms in total. The van der Waals surface area contributed by atoms with E-state index < -0.39 is 6.10 Å². The Hall–Kier alpha value is -3.34. The minimum Gasteiger partial charge on any atom is -0.479 e. The molecule has 2 atom stereocenters. The van der Waals surface area contributed by atoms with Crippen molar-refractivity contribution in [3.63, 3.8) is 0 Å². The maximum atomic E-state index is 12.7. The quantitative estimate of drug-likeness (QED) is 0.732. The number of fused-ring (bicyclic) bond motifs is 2. The van der Waals surface area contributed by atoms with Crippen molar-refractivity contribution in [2.45, 2.75) is 25.9 Å². The third-order valence-electron chi connectivity index (χ3n) is 4.84. The van der Waals surface area contributed by atoms with Gasteiger partial charge in [-0.05, 0) is 48.4 Å². The van der Waals surface area contributed by atoms with Gasteiger partial charge in [0.25, 0.3) is 5.91 Å². The Labute approximate surface area is 157 Å². The first-order valence-electron chi connectivity index (χ1n) is 8.92. The monoisotopic (exact) mass is 360 g/mol. The molecule has 3 aromatic carbocycles. The summed E-state index contributed by atoms with van der Waals surface area (Å²) in [6.07, 6.45) is -0.522. The summed E-state index contributed by atoms with van der Waals surface area (Å²) < 4.78 is 5.54. The molecule has 0 saturated carbocycles. The second kappa shape index (κ2) is 6.76. The molecule has 2 N–H and O–H groups in total. The number of hydrogen-bond acceptors (Lipinski definition) is 3. The van der Waals surface area contributed by atoms with Gasteiger partial charge in [-0.25, -0.2) is 0 Å². The number of nitrogens with one attached hydrogen (secondary N) is 2. The number of carbonyl (C=O) groups is 2. The van der Waals surface area contributed by atoms with Crippen molar-refractivity contribution in [3.8, 4) is 5.75 Å². The van der Waals surface area contributed by atoms with E-state index in [2.05, 4.69) is 10.6 Å². The molecule has 0 spiro atoms. The van der Waals surface area contributed by atoms with E-state index in [4.69, 9.17) is 4.74 Å². The van der Waals surface area contributed by atoms with Gasteiger partial charge in [-0.3, -0.25) is 9.59 Å². The number of ether oxygens (including phenoxy) is 1. The smallest absolute Gasteiger partial charge is 0.265 e. The van der Waals surface area contributed by atoms with Crippen LogP contribution in [0.15, 0.2) is 60.7 Å². The molecule has 0 aromatic heterocycles. The number of carbonyl (C=O) groups excluding carboxylic acids is 2. The van der Waals surface area contributed by atoms with Gasteiger partial charge in [-0.1, -0.05) is 42.5 Å². The third kappa shape index (κ3) is 3.36. The van der Waals surface area contributed by atoms with Crippen molar-refractivity contribution in [2.24, 2.45) is 0 Å². The second-order valence-corrected chi connectivity index (χ2v) is 6.78. The zero-order valence-electron chi connectivity index (χ0n) is 15.2. The first-order chi connectivity index (χ1) is 13.0. The predicted octanol–water partition coefficient (Wildman–Crippen LogP) is 4.30. The fourth-order valence-corrected chi connectivity index (χ4v) is 3.17. The van der Waals surface area contributed by atoms with E-state index in [9.17, 15) is 9.59 Å². The lowest BCUT2D eigenvalue weighted by Gasteiger charge is -2.24. The Kier molecular flexibility index (Phi) is 4.28. The maximum absolute atomic E-state index is 12.7. The standard InChI is InChI=1S/C22H20N2O3/c1-13(16-8-7-15-5-3-4-6-17(15)11-16)21(25)23-18-9-10-20-19(12-18)24-22(26)14(2)27-20/h3-14H,1-2H3,(H,23,25)(H,24,26). The van der Waals surface area contributed by atoms with Gasteiger partial charge in [0.15, 0.2) is 6.10 Å². The number of anilines is 2. The molecule has 0 fully saturated rings. The lowest BCUT2D eigenvalue weighted by molar-refractivity contribution is -0.122. The molecule has 0 bridgehead atoms. The van der Waals surface area contributed by atoms with Crippen molar-refractivity contribution in [2.75, 3.05) is 10.6 Å². The van der Waals surface area contributed by atoms with Crippen LogP contribution in [0.1, 0.15) is 25.3 Å². The van der Waals surface area contributed by atoms with Gasteiger partial charge in [-0.2, -0.15) is 0 Å². The van der Waals surface area contributed by atoms with Crippen molar-refractivity contribution in [3.05, 3.63) is 66.2 Å². The Morgan fingerprint density at radius 2 is 1.85 bits per heavy atom. The third-order valence-corrected chi connectivity index (χ3v) is 4.84. The van der Waals surface area contributed by atoms with Crippen LogP contribution in [0.3, 0.4) is 0 Å². The highest BCUT2D eigenvalue weighted by Gasteiger charge is 2.24. The fourth-order valence-electron chi connectivity index (χ4n) is 3.17. The molecule has 136 valence electrons. The summed E-state index contributed by atoms with van der Waals surface area (Å²) in [5.74, 6) is -0.0173. The van der Waals surface area contributed by atoms with Crippen LogP contribution in [0.2, 0.25) is 0 Å². The van der Waals surface area contributed by atoms with E-state index in [1.165, 1.54) is 0 Å². The van der Waals surface area contributed by atoms with Crippen LogP contribution in [-0.4, -0.2) is 17.9 Å². The summed E-state index contributed by atoms with van der Waals surface area (Å²) in [4.78, 5) is 24.5. The van der Waals surface area contributed by atoms with E-state index in [0.29, 0.717) is 17.1 Å². The second-order valence-electron chi connectivity index (χ2n) is 6.78. The average molecular weight is 360 g/mol. The molecular formula is C22H20N2O3. The van der Waals surface area contributed by atoms with Gasteiger partial charge in [0, 0.05) is 5.69 Å². The van der Waals surface area contributed by atoms with Crippen LogP contribution in [0, 0.1) is 0 Å². The molecule has 27 heavy (non-hydrogen) atoms. The molecule has 2 amide bonds. The topological polar surface area (TPSA) is 67.4 Å². The summed E-state index contributed by atoms with van der Waals surface area (Å²) in [6.45, 7) is 3.57. The van der Waals surface area contributed by atoms with Crippen molar-refractivity contribution in [1.29, 1.82) is 0 Å². The van der Waals surface area contributed by atoms with Crippen LogP contribution in [0.5, 0.6) is 5.75 Å². The summed E-state index contributed by atoms with van der Waals surface area (Å²) in [6, 6.07) is 19.4. The van der Waals surface area contributed by atoms with Crippen LogP contribution < -0.4 is 15.4 Å². The van der Waals surface area contributed by atoms with E-state index in [0.717, 1.165) is 16.3 Å². The number of rotatable bonds is 3. The molecule has 1 heterocycles. The van der Waals surface area contributed by atoms with Crippen LogP contribution in [-0.2, 0) is 9.59 Å². The largest absolute Gasteiger partial charge is 0.479 e. The van der Waals surface area contributed by atoms with Crippen LogP contribution >= 0.6 is 0 Å². The Balaban J connectivity index is 1.53. The number of amides is 2. The zero-order valence-corrected chi connectivity index (χ0v) is 15.2. The Bertz CT molecular complexity index is 1040. The molecule has 3 aromatic rings. The molecule has 0 aliphatic carbocycles. The van der Waals surface area contributed by atoms with Crippen molar-refractivity contribution in [1.82, 2.24) is 0 Å². The van der Waals surface area contributed by atoms with Crippen molar-refractivity contribution < 1.29 is 14.3 Å². The Morgan fingerprint density at radius 3 is 2.67 bits per heavy atom. The first-order valence-corrected chi connectivity index (χ1v) is 8.92. The lowest BCUT2D eigenvalue weighted by Crippen LogP contribution is -2.34. The summed E-state index contributed by atoms with van der Waals surface area (Å²) in [5.41, 5.74) is 2.13. The van der Waals surface area contributed by atoms with Gasteiger partial charge in [0.1, 0.15) is 5.75 Å². The van der Waals surface area contributed by atoms with Gasteiger partial charge >= 0.3 is 0 Å². The van der Waals surface area contributed by atoms with E-state index in [1.807, 2.05) is 49.4 Å². The maximum Gasteiger partial charge on any atom is 0.265 e. The Morgan fingerprint density at radius 1 is 1.07 bits per heavy atom. The molecule has 1 aliphatic rings. The van der Waals surface area contributed by atoms with Gasteiger partial charge in [0.2, 0.25) is 5.91 Å². The predicted molar refractivity (Wildman–Crippen MR) is 106 cm³/mol. The molecule has 0 saturated heterocycles. The number of hydrogen-bond donors (Lipinski definition) is 2. The molecule has 5 heteroatoms. The molecule has 2 unspecified atom stereocenters. The molecular weight excluding hydrogens is 340 g/mol. The summed E-state index contributed by atoms with van der Waals surface area (Å²) in [5, 5.41) is 7.96. The van der Waals surface area contributed by atoms with Gasteiger partial charge in [0.05, 0.1) is 11.6 Å². The zero-order chi connectivity index (χ0) is 19.0.